The fraction of sp³-hybridized carbons (Fsp3) is 0.467. The smallest absolute Gasteiger partial charge is 0.258 e. The lowest BCUT2D eigenvalue weighted by molar-refractivity contribution is 0.527. The molecule has 0 saturated heterocycles. The Balaban J connectivity index is 1.76. The molecule has 1 N–H and O–H groups in total. The minimum absolute atomic E-state index is 0.0137. The van der Waals surface area contributed by atoms with Gasteiger partial charge in [0.05, 0.1) is 5.69 Å². The van der Waals surface area contributed by atoms with Crippen molar-refractivity contribution in [2.24, 2.45) is 0 Å². The van der Waals surface area contributed by atoms with Crippen LogP contribution in [-0.2, 0) is 6.54 Å². The normalized spacial score (nSPS) is 22.4. The number of pyridine rings is 1. The molecular formula is C15H19N3OS. The molecule has 2 aromatic heterocycles. The molecule has 4 nitrogen and oxygen atoms in total. The second-order valence-corrected chi connectivity index (χ2v) is 6.28. The Labute approximate surface area is 122 Å². The van der Waals surface area contributed by atoms with Gasteiger partial charge in [-0.05, 0) is 31.2 Å². The van der Waals surface area contributed by atoms with Crippen molar-refractivity contribution in [1.29, 1.82) is 0 Å². The average Bonchev–Trinajstić information content (AvgIpc) is 2.93. The topological polar surface area (TPSA) is 46.4 Å². The molecule has 1 fully saturated rings. The molecule has 0 aromatic carbocycles. The lowest BCUT2D eigenvalue weighted by atomic mass is 10.2. The summed E-state index contributed by atoms with van der Waals surface area (Å²) in [6, 6.07) is 7.78. The lowest BCUT2D eigenvalue weighted by Gasteiger charge is -2.18. The molecule has 5 heteroatoms. The molecular weight excluding hydrogens is 270 g/mol. The van der Waals surface area contributed by atoms with E-state index in [1.807, 2.05) is 30.0 Å². The molecule has 3 rings (SSSR count). The van der Waals surface area contributed by atoms with Crippen molar-refractivity contribution in [2.75, 3.05) is 6.26 Å². The second-order valence-electron chi connectivity index (χ2n) is 5.21. The van der Waals surface area contributed by atoms with Crippen molar-refractivity contribution in [3.05, 3.63) is 46.5 Å². The van der Waals surface area contributed by atoms with E-state index in [1.54, 1.807) is 16.7 Å². The van der Waals surface area contributed by atoms with Gasteiger partial charge in [0.1, 0.15) is 5.65 Å². The number of hydrogen-bond donors (Lipinski definition) is 1. The molecule has 2 heterocycles. The molecule has 2 unspecified atom stereocenters. The molecule has 0 spiro atoms. The van der Waals surface area contributed by atoms with Crippen molar-refractivity contribution in [3.63, 3.8) is 0 Å². The van der Waals surface area contributed by atoms with Gasteiger partial charge in [-0.1, -0.05) is 12.5 Å². The number of aromatic nitrogens is 2. The maximum absolute atomic E-state index is 12.0. The van der Waals surface area contributed by atoms with E-state index in [0.29, 0.717) is 23.5 Å². The number of thioether (sulfide) groups is 1. The van der Waals surface area contributed by atoms with Crippen LogP contribution in [0.4, 0.5) is 0 Å². The predicted octanol–water partition coefficient (Wildman–Crippen LogP) is 2.07. The zero-order valence-electron chi connectivity index (χ0n) is 11.6. The van der Waals surface area contributed by atoms with Crippen LogP contribution < -0.4 is 10.9 Å². The molecule has 1 aliphatic rings. The minimum atomic E-state index is -0.0137. The van der Waals surface area contributed by atoms with Crippen LogP contribution in [-0.4, -0.2) is 26.9 Å². The summed E-state index contributed by atoms with van der Waals surface area (Å²) in [5.74, 6) is 0. The number of nitrogens with one attached hydrogen (secondary N) is 1. The zero-order valence-corrected chi connectivity index (χ0v) is 12.4. The van der Waals surface area contributed by atoms with Gasteiger partial charge in [-0.15, -0.1) is 0 Å². The Morgan fingerprint density at radius 1 is 1.45 bits per heavy atom. The number of hydrogen-bond acceptors (Lipinski definition) is 4. The van der Waals surface area contributed by atoms with Crippen LogP contribution in [0.3, 0.4) is 0 Å². The SMILES string of the molecule is CSC1CCCC1NCc1cc(=O)n2ccccc2n1. The molecule has 0 aliphatic heterocycles. The largest absolute Gasteiger partial charge is 0.307 e. The molecule has 0 amide bonds. The summed E-state index contributed by atoms with van der Waals surface area (Å²) in [5.41, 5.74) is 1.53. The van der Waals surface area contributed by atoms with E-state index in [2.05, 4.69) is 16.6 Å². The van der Waals surface area contributed by atoms with E-state index in [1.165, 1.54) is 19.3 Å². The first-order valence-electron chi connectivity index (χ1n) is 7.01. The molecule has 20 heavy (non-hydrogen) atoms. The quantitative estimate of drug-likeness (QED) is 0.936. The molecule has 0 bridgehead atoms. The average molecular weight is 289 g/mol. The summed E-state index contributed by atoms with van der Waals surface area (Å²) >= 11 is 1.93. The number of nitrogens with zero attached hydrogens (tertiary/aromatic N) is 2. The van der Waals surface area contributed by atoms with Gasteiger partial charge in [0.25, 0.3) is 5.56 Å². The molecule has 106 valence electrons. The summed E-state index contributed by atoms with van der Waals surface area (Å²) < 4.78 is 1.57. The molecule has 0 radical (unpaired) electrons. The van der Waals surface area contributed by atoms with Crippen LogP contribution in [0.5, 0.6) is 0 Å². The van der Waals surface area contributed by atoms with E-state index in [4.69, 9.17) is 0 Å². The second kappa shape index (κ2) is 5.97. The molecule has 2 atom stereocenters. The van der Waals surface area contributed by atoms with Crippen molar-refractivity contribution < 1.29 is 0 Å². The lowest BCUT2D eigenvalue weighted by Crippen LogP contribution is -2.34. The van der Waals surface area contributed by atoms with Gasteiger partial charge in [-0.25, -0.2) is 4.98 Å². The van der Waals surface area contributed by atoms with Crippen LogP contribution in [0.25, 0.3) is 5.65 Å². The van der Waals surface area contributed by atoms with E-state index < -0.39 is 0 Å². The van der Waals surface area contributed by atoms with Crippen molar-refractivity contribution in [2.45, 2.75) is 37.1 Å². The summed E-state index contributed by atoms with van der Waals surface area (Å²) in [6.07, 6.45) is 7.72. The van der Waals surface area contributed by atoms with Crippen molar-refractivity contribution in [3.8, 4) is 0 Å². The highest BCUT2D eigenvalue weighted by Gasteiger charge is 2.25. The Morgan fingerprint density at radius 2 is 2.35 bits per heavy atom. The third-order valence-corrected chi connectivity index (χ3v) is 5.09. The standard InChI is InChI=1S/C15H19N3OS/c1-20-13-6-4-5-12(13)16-10-11-9-15(19)18-8-3-2-7-14(18)17-11/h2-3,7-9,12-13,16H,4-6,10H2,1H3. The number of rotatable bonds is 4. The highest BCUT2D eigenvalue weighted by molar-refractivity contribution is 7.99. The Morgan fingerprint density at radius 3 is 3.20 bits per heavy atom. The first kappa shape index (κ1) is 13.6. The van der Waals surface area contributed by atoms with Crippen molar-refractivity contribution >= 4 is 17.4 Å². The van der Waals surface area contributed by atoms with E-state index >= 15 is 0 Å². The summed E-state index contributed by atoms with van der Waals surface area (Å²) in [6.45, 7) is 0.669. The predicted molar refractivity (Wildman–Crippen MR) is 83.2 cm³/mol. The Bertz CT molecular complexity index is 655. The Kier molecular flexibility index (Phi) is 4.08. The summed E-state index contributed by atoms with van der Waals surface area (Å²) in [4.78, 5) is 16.5. The summed E-state index contributed by atoms with van der Waals surface area (Å²) in [7, 11) is 0. The van der Waals surface area contributed by atoms with Crippen LogP contribution in [0.2, 0.25) is 0 Å². The maximum atomic E-state index is 12.0. The van der Waals surface area contributed by atoms with Gasteiger partial charge in [-0.3, -0.25) is 9.20 Å². The van der Waals surface area contributed by atoms with Gasteiger partial charge in [0.15, 0.2) is 0 Å². The monoisotopic (exact) mass is 289 g/mol. The molecule has 2 aromatic rings. The fourth-order valence-corrected chi connectivity index (χ4v) is 3.83. The van der Waals surface area contributed by atoms with Gasteiger partial charge in [0, 0.05) is 30.1 Å². The van der Waals surface area contributed by atoms with Crippen LogP contribution in [0.15, 0.2) is 35.3 Å². The maximum Gasteiger partial charge on any atom is 0.258 e. The van der Waals surface area contributed by atoms with Crippen LogP contribution in [0.1, 0.15) is 25.0 Å². The fourth-order valence-electron chi connectivity index (χ4n) is 2.87. The first-order chi connectivity index (χ1) is 9.78. The third-order valence-electron chi connectivity index (χ3n) is 3.92. The van der Waals surface area contributed by atoms with E-state index in [9.17, 15) is 4.79 Å². The van der Waals surface area contributed by atoms with Gasteiger partial charge < -0.3 is 5.32 Å². The van der Waals surface area contributed by atoms with Gasteiger partial charge in [-0.2, -0.15) is 11.8 Å². The molecule has 1 aliphatic carbocycles. The highest BCUT2D eigenvalue weighted by Crippen LogP contribution is 2.28. The van der Waals surface area contributed by atoms with E-state index in [-0.39, 0.29) is 5.56 Å². The first-order valence-corrected chi connectivity index (χ1v) is 8.30. The molecule has 1 saturated carbocycles. The minimum Gasteiger partial charge on any atom is -0.307 e. The van der Waals surface area contributed by atoms with Crippen molar-refractivity contribution in [1.82, 2.24) is 14.7 Å². The third kappa shape index (κ3) is 2.74. The number of fused-ring (bicyclic) bond motifs is 1. The van der Waals surface area contributed by atoms with Gasteiger partial charge in [0.2, 0.25) is 0 Å². The highest BCUT2D eigenvalue weighted by atomic mass is 32.2. The van der Waals surface area contributed by atoms with E-state index in [0.717, 1.165) is 5.69 Å². The Hall–Kier alpha value is -1.33. The van der Waals surface area contributed by atoms with Crippen LogP contribution >= 0.6 is 11.8 Å². The summed E-state index contributed by atoms with van der Waals surface area (Å²) in [5, 5.41) is 4.25. The zero-order chi connectivity index (χ0) is 13.9. The van der Waals surface area contributed by atoms with Crippen LogP contribution in [0, 0.1) is 0 Å². The van der Waals surface area contributed by atoms with Gasteiger partial charge >= 0.3 is 0 Å².